The topological polar surface area (TPSA) is 24.4 Å². The summed E-state index contributed by atoms with van der Waals surface area (Å²) in [6.45, 7) is 5.53. The van der Waals surface area contributed by atoms with Crippen LogP contribution in [0.2, 0.25) is 0 Å². The fourth-order valence-electron chi connectivity index (χ4n) is 1.74. The van der Waals surface area contributed by atoms with Crippen molar-refractivity contribution >= 4 is 16.9 Å². The summed E-state index contributed by atoms with van der Waals surface area (Å²) in [5, 5.41) is 5.47. The molecule has 0 aromatic carbocycles. The zero-order chi connectivity index (χ0) is 9.26. The Morgan fingerprint density at radius 1 is 1.46 bits per heavy atom. The lowest BCUT2D eigenvalue weighted by Crippen LogP contribution is -2.23. The first-order valence-corrected chi connectivity index (χ1v) is 6.19. The minimum Gasteiger partial charge on any atom is -0.362 e. The second-order valence-corrected chi connectivity index (χ2v) is 5.24. The van der Waals surface area contributed by atoms with Crippen LogP contribution in [-0.2, 0) is 0 Å². The number of nitrogens with zero attached hydrogens (tertiary/aromatic N) is 1. The average Bonchev–Trinajstić information content (AvgIpc) is 2.73. The van der Waals surface area contributed by atoms with Crippen LogP contribution in [-0.4, -0.2) is 23.0 Å². The van der Waals surface area contributed by atoms with Gasteiger partial charge in [0.25, 0.3) is 0 Å². The monoisotopic (exact) mass is 198 g/mol. The van der Waals surface area contributed by atoms with Crippen molar-refractivity contribution in [1.29, 1.82) is 0 Å². The molecular weight excluding hydrogens is 180 g/mol. The van der Waals surface area contributed by atoms with Crippen LogP contribution in [0.1, 0.15) is 33.1 Å². The highest BCUT2D eigenvalue weighted by Crippen LogP contribution is 2.34. The summed E-state index contributed by atoms with van der Waals surface area (Å²) in [6.07, 6.45) is 3.90. The van der Waals surface area contributed by atoms with E-state index in [4.69, 9.17) is 0 Å². The Morgan fingerprint density at radius 2 is 2.31 bits per heavy atom. The van der Waals surface area contributed by atoms with Gasteiger partial charge in [-0.2, -0.15) is 0 Å². The van der Waals surface area contributed by atoms with Gasteiger partial charge in [0.15, 0.2) is 5.17 Å². The van der Waals surface area contributed by atoms with Crippen molar-refractivity contribution in [2.45, 2.75) is 44.4 Å². The second-order valence-electron chi connectivity index (χ2n) is 3.95. The van der Waals surface area contributed by atoms with Gasteiger partial charge in [0, 0.05) is 11.3 Å². The minimum absolute atomic E-state index is 0.737. The number of rotatable bonds is 3. The normalized spacial score (nSPS) is 37.4. The summed E-state index contributed by atoms with van der Waals surface area (Å²) < 4.78 is 0. The van der Waals surface area contributed by atoms with Crippen molar-refractivity contribution in [3.63, 3.8) is 0 Å². The number of amidine groups is 1. The molecule has 2 aliphatic rings. The molecule has 0 spiro atoms. The van der Waals surface area contributed by atoms with Gasteiger partial charge in [-0.1, -0.05) is 32.0 Å². The molecule has 0 aromatic heterocycles. The van der Waals surface area contributed by atoms with Gasteiger partial charge in [-0.15, -0.1) is 0 Å². The highest BCUT2D eigenvalue weighted by Gasteiger charge is 2.36. The molecule has 1 fully saturated rings. The maximum atomic E-state index is 4.51. The van der Waals surface area contributed by atoms with Crippen LogP contribution in [0.15, 0.2) is 4.99 Å². The Balaban J connectivity index is 1.72. The zero-order valence-electron chi connectivity index (χ0n) is 8.42. The molecule has 3 atom stereocenters. The minimum atomic E-state index is 0.737. The summed E-state index contributed by atoms with van der Waals surface area (Å²) >= 11 is 1.93. The Kier molecular flexibility index (Phi) is 2.82. The molecule has 3 heteroatoms. The van der Waals surface area contributed by atoms with Gasteiger partial charge in [0.2, 0.25) is 0 Å². The third-order valence-corrected chi connectivity index (χ3v) is 4.21. The van der Waals surface area contributed by atoms with Crippen LogP contribution < -0.4 is 5.32 Å². The Hall–Kier alpha value is -0.180. The van der Waals surface area contributed by atoms with E-state index in [9.17, 15) is 0 Å². The molecule has 1 heterocycles. The molecule has 1 aliphatic heterocycles. The van der Waals surface area contributed by atoms with E-state index in [2.05, 4.69) is 24.2 Å². The lowest BCUT2D eigenvalue weighted by Gasteiger charge is -2.05. The van der Waals surface area contributed by atoms with E-state index in [-0.39, 0.29) is 0 Å². The summed E-state index contributed by atoms with van der Waals surface area (Å²) in [5.74, 6) is 0.920. The van der Waals surface area contributed by atoms with Crippen molar-refractivity contribution in [3.05, 3.63) is 0 Å². The maximum Gasteiger partial charge on any atom is 0.157 e. The van der Waals surface area contributed by atoms with E-state index in [1.54, 1.807) is 0 Å². The first-order valence-electron chi connectivity index (χ1n) is 5.31. The molecule has 0 radical (unpaired) electrons. The lowest BCUT2D eigenvalue weighted by atomic mass is 10.3. The molecule has 3 unspecified atom stereocenters. The first kappa shape index (κ1) is 9.38. The highest BCUT2D eigenvalue weighted by atomic mass is 32.2. The Labute approximate surface area is 84.6 Å². The van der Waals surface area contributed by atoms with Gasteiger partial charge in [-0.3, -0.25) is 4.99 Å². The molecule has 2 rings (SSSR count). The largest absolute Gasteiger partial charge is 0.362 e. The van der Waals surface area contributed by atoms with Crippen LogP contribution in [0.5, 0.6) is 0 Å². The fraction of sp³-hybridized carbons (Fsp3) is 0.900. The van der Waals surface area contributed by atoms with Crippen LogP contribution >= 0.6 is 11.8 Å². The van der Waals surface area contributed by atoms with E-state index < -0.39 is 0 Å². The molecule has 0 aromatic rings. The maximum absolute atomic E-state index is 4.51. The van der Waals surface area contributed by atoms with Crippen molar-refractivity contribution in [1.82, 2.24) is 5.32 Å². The van der Waals surface area contributed by atoms with Gasteiger partial charge >= 0.3 is 0 Å². The van der Waals surface area contributed by atoms with Gasteiger partial charge in [-0.05, 0) is 18.8 Å². The Morgan fingerprint density at radius 3 is 2.85 bits per heavy atom. The van der Waals surface area contributed by atoms with Gasteiger partial charge in [0.1, 0.15) is 0 Å². The summed E-state index contributed by atoms with van der Waals surface area (Å²) in [5.41, 5.74) is 0. The predicted octanol–water partition coefficient (Wildman–Crippen LogP) is 2.26. The number of thioether (sulfide) groups is 1. The first-order chi connectivity index (χ1) is 6.33. The predicted molar refractivity (Wildman–Crippen MR) is 59.3 cm³/mol. The number of hydrogen-bond acceptors (Lipinski definition) is 3. The second kappa shape index (κ2) is 3.91. The molecule has 1 saturated carbocycles. The van der Waals surface area contributed by atoms with Crippen molar-refractivity contribution < 1.29 is 0 Å². The van der Waals surface area contributed by atoms with Crippen molar-refractivity contribution in [3.8, 4) is 0 Å². The van der Waals surface area contributed by atoms with Crippen LogP contribution in [0.25, 0.3) is 0 Å². The standard InChI is InChI=1S/C10H18N2S/c1-3-7-5-9(7)12-10-11-6-8(4-2)13-10/h7-9H,3-6H2,1-2H3,(H,11,12). The molecule has 1 aliphatic carbocycles. The van der Waals surface area contributed by atoms with E-state index in [0.29, 0.717) is 0 Å². The number of hydrogen-bond donors (Lipinski definition) is 1. The van der Waals surface area contributed by atoms with Crippen LogP contribution in [0.3, 0.4) is 0 Å². The Bertz CT molecular complexity index is 215. The van der Waals surface area contributed by atoms with E-state index >= 15 is 0 Å². The number of nitrogens with one attached hydrogen (secondary N) is 1. The van der Waals surface area contributed by atoms with E-state index in [1.807, 2.05) is 11.8 Å². The molecule has 13 heavy (non-hydrogen) atoms. The summed E-state index contributed by atoms with van der Waals surface area (Å²) in [4.78, 5) is 4.51. The molecule has 1 N–H and O–H groups in total. The smallest absolute Gasteiger partial charge is 0.157 e. The van der Waals surface area contributed by atoms with E-state index in [0.717, 1.165) is 23.8 Å². The fourth-order valence-corrected chi connectivity index (χ4v) is 2.74. The molecular formula is C10H18N2S. The van der Waals surface area contributed by atoms with Gasteiger partial charge in [-0.25, -0.2) is 0 Å². The third kappa shape index (κ3) is 2.19. The SMILES string of the molecule is CCC1CN=C(NC2CC2CC)S1. The van der Waals surface area contributed by atoms with Crippen molar-refractivity contribution in [2.24, 2.45) is 10.9 Å². The number of aliphatic imine (C=N–C) groups is 1. The quantitative estimate of drug-likeness (QED) is 0.752. The lowest BCUT2D eigenvalue weighted by molar-refractivity contribution is 0.726. The van der Waals surface area contributed by atoms with Crippen molar-refractivity contribution in [2.75, 3.05) is 6.54 Å². The van der Waals surface area contributed by atoms with Crippen LogP contribution in [0.4, 0.5) is 0 Å². The molecule has 2 nitrogen and oxygen atoms in total. The highest BCUT2D eigenvalue weighted by molar-refractivity contribution is 8.14. The molecule has 0 amide bonds. The average molecular weight is 198 g/mol. The molecule has 74 valence electrons. The molecule has 0 bridgehead atoms. The van der Waals surface area contributed by atoms with Crippen LogP contribution in [0, 0.1) is 5.92 Å². The molecule has 0 saturated heterocycles. The summed E-state index contributed by atoms with van der Waals surface area (Å²) in [7, 11) is 0. The zero-order valence-corrected chi connectivity index (χ0v) is 9.23. The summed E-state index contributed by atoms with van der Waals surface area (Å²) in [6, 6.07) is 0.742. The third-order valence-electron chi connectivity index (χ3n) is 2.93. The van der Waals surface area contributed by atoms with Gasteiger partial charge in [0.05, 0.1) is 6.54 Å². The van der Waals surface area contributed by atoms with Gasteiger partial charge < -0.3 is 5.32 Å². The van der Waals surface area contributed by atoms with E-state index in [1.165, 1.54) is 24.4 Å².